The number of nitrogens with zero attached hydrogens (tertiary/aromatic N) is 3. The van der Waals surface area contributed by atoms with E-state index in [0.29, 0.717) is 24.1 Å². The smallest absolute Gasteiger partial charge is 0.266 e. The normalized spacial score (nSPS) is 16.8. The molecular weight excluding hydrogens is 396 g/mol. The number of likely N-dealkylation sites (tertiary alicyclic amines) is 1. The van der Waals surface area contributed by atoms with Gasteiger partial charge in [0.25, 0.3) is 5.56 Å². The Hall–Kier alpha value is -2.42. The zero-order valence-electron chi connectivity index (χ0n) is 15.7. The number of piperidine rings is 1. The van der Waals surface area contributed by atoms with Gasteiger partial charge in [-0.2, -0.15) is 5.10 Å². The van der Waals surface area contributed by atoms with Gasteiger partial charge in [0.15, 0.2) is 11.6 Å². The van der Waals surface area contributed by atoms with Gasteiger partial charge >= 0.3 is 0 Å². The number of aliphatic hydroxyl groups is 1. The first kappa shape index (κ1) is 19.9. The summed E-state index contributed by atoms with van der Waals surface area (Å²) in [7, 11) is 0. The SMILES string of the molecule is O=c1ccc(-c2ccc(F)c(F)c2)nn1CC1(O)CCN(Cc2cccs2)CC1. The molecule has 1 fully saturated rings. The van der Waals surface area contributed by atoms with Gasteiger partial charge in [0, 0.05) is 36.1 Å². The second-order valence-electron chi connectivity index (χ2n) is 7.42. The molecule has 29 heavy (non-hydrogen) atoms. The summed E-state index contributed by atoms with van der Waals surface area (Å²) in [6.07, 6.45) is 1.06. The highest BCUT2D eigenvalue weighted by molar-refractivity contribution is 7.09. The summed E-state index contributed by atoms with van der Waals surface area (Å²) >= 11 is 1.71. The Bertz CT molecular complexity index is 1040. The average molecular weight is 417 g/mol. The van der Waals surface area contributed by atoms with Crippen LogP contribution in [-0.4, -0.2) is 38.5 Å². The molecule has 1 aromatic carbocycles. The molecule has 0 spiro atoms. The lowest BCUT2D eigenvalue weighted by molar-refractivity contribution is -0.0387. The molecule has 8 heteroatoms. The molecule has 0 bridgehead atoms. The van der Waals surface area contributed by atoms with Crippen LogP contribution in [0.15, 0.2) is 52.6 Å². The van der Waals surface area contributed by atoms with Gasteiger partial charge in [0.2, 0.25) is 0 Å². The minimum Gasteiger partial charge on any atom is -0.388 e. The lowest BCUT2D eigenvalue weighted by Gasteiger charge is -2.38. The fourth-order valence-corrected chi connectivity index (χ4v) is 4.30. The molecule has 1 aliphatic heterocycles. The van der Waals surface area contributed by atoms with Crippen molar-refractivity contribution in [3.63, 3.8) is 0 Å². The zero-order valence-corrected chi connectivity index (χ0v) is 16.5. The Morgan fingerprint density at radius 1 is 1.10 bits per heavy atom. The van der Waals surface area contributed by atoms with Crippen molar-refractivity contribution in [3.05, 3.63) is 74.7 Å². The molecule has 0 aliphatic carbocycles. The van der Waals surface area contributed by atoms with E-state index >= 15 is 0 Å². The molecule has 1 aliphatic rings. The zero-order chi connectivity index (χ0) is 20.4. The van der Waals surface area contributed by atoms with Crippen LogP contribution in [0.1, 0.15) is 17.7 Å². The third kappa shape index (κ3) is 4.60. The van der Waals surface area contributed by atoms with E-state index in [1.54, 1.807) is 11.3 Å². The fourth-order valence-electron chi connectivity index (χ4n) is 3.56. The molecule has 3 heterocycles. The highest BCUT2D eigenvalue weighted by Gasteiger charge is 2.33. The number of benzene rings is 1. The predicted molar refractivity (Wildman–Crippen MR) is 108 cm³/mol. The molecule has 1 N–H and O–H groups in total. The first-order valence-electron chi connectivity index (χ1n) is 9.43. The monoisotopic (exact) mass is 417 g/mol. The van der Waals surface area contributed by atoms with Crippen LogP contribution in [0.5, 0.6) is 0 Å². The van der Waals surface area contributed by atoms with Crippen molar-refractivity contribution in [1.82, 2.24) is 14.7 Å². The molecule has 5 nitrogen and oxygen atoms in total. The summed E-state index contributed by atoms with van der Waals surface area (Å²) in [6, 6.07) is 10.4. The van der Waals surface area contributed by atoms with Gasteiger partial charge < -0.3 is 5.11 Å². The van der Waals surface area contributed by atoms with E-state index in [2.05, 4.69) is 16.1 Å². The van der Waals surface area contributed by atoms with E-state index in [9.17, 15) is 18.7 Å². The van der Waals surface area contributed by atoms with Crippen molar-refractivity contribution < 1.29 is 13.9 Å². The van der Waals surface area contributed by atoms with Gasteiger partial charge in [-0.15, -0.1) is 11.3 Å². The Kier molecular flexibility index (Phi) is 5.58. The maximum atomic E-state index is 13.5. The third-order valence-electron chi connectivity index (χ3n) is 5.27. The molecule has 2 aromatic heterocycles. The summed E-state index contributed by atoms with van der Waals surface area (Å²) in [4.78, 5) is 15.8. The van der Waals surface area contributed by atoms with Gasteiger partial charge in [0.1, 0.15) is 0 Å². The van der Waals surface area contributed by atoms with Gasteiger partial charge in [-0.25, -0.2) is 13.5 Å². The minimum absolute atomic E-state index is 0.0657. The Morgan fingerprint density at radius 3 is 2.59 bits per heavy atom. The van der Waals surface area contributed by atoms with Crippen LogP contribution in [0.3, 0.4) is 0 Å². The highest BCUT2D eigenvalue weighted by Crippen LogP contribution is 2.26. The second kappa shape index (κ2) is 8.14. The Morgan fingerprint density at radius 2 is 1.90 bits per heavy atom. The van der Waals surface area contributed by atoms with Crippen LogP contribution in [0, 0.1) is 11.6 Å². The quantitative estimate of drug-likeness (QED) is 0.692. The molecule has 1 saturated heterocycles. The van der Waals surface area contributed by atoms with Gasteiger partial charge in [-0.3, -0.25) is 9.69 Å². The Labute approximate surface area is 170 Å². The lowest BCUT2D eigenvalue weighted by atomic mass is 9.91. The van der Waals surface area contributed by atoms with Crippen molar-refractivity contribution in [2.75, 3.05) is 13.1 Å². The second-order valence-corrected chi connectivity index (χ2v) is 8.46. The van der Waals surface area contributed by atoms with Crippen LogP contribution < -0.4 is 5.56 Å². The third-order valence-corrected chi connectivity index (χ3v) is 6.13. The first-order chi connectivity index (χ1) is 13.9. The topological polar surface area (TPSA) is 58.4 Å². The number of halogens is 2. The number of rotatable bonds is 5. The molecule has 0 saturated carbocycles. The maximum absolute atomic E-state index is 13.5. The molecule has 0 radical (unpaired) electrons. The van der Waals surface area contributed by atoms with Crippen molar-refractivity contribution in [2.45, 2.75) is 31.5 Å². The highest BCUT2D eigenvalue weighted by atomic mass is 32.1. The van der Waals surface area contributed by atoms with E-state index in [0.717, 1.165) is 31.8 Å². The molecule has 0 atom stereocenters. The molecule has 152 valence electrons. The van der Waals surface area contributed by atoms with E-state index in [1.807, 2.05) is 11.4 Å². The van der Waals surface area contributed by atoms with Crippen LogP contribution in [0.2, 0.25) is 0 Å². The number of thiophene rings is 1. The van der Waals surface area contributed by atoms with Crippen molar-refractivity contribution in [1.29, 1.82) is 0 Å². The van der Waals surface area contributed by atoms with E-state index < -0.39 is 17.2 Å². The average Bonchev–Trinajstić information content (AvgIpc) is 3.21. The number of hydrogen-bond acceptors (Lipinski definition) is 5. The summed E-state index contributed by atoms with van der Waals surface area (Å²) in [5.41, 5.74) is -0.654. The minimum atomic E-state index is -1.03. The van der Waals surface area contributed by atoms with Crippen LogP contribution in [0.4, 0.5) is 8.78 Å². The largest absolute Gasteiger partial charge is 0.388 e. The predicted octanol–water partition coefficient (Wildman–Crippen LogP) is 3.28. The summed E-state index contributed by atoms with van der Waals surface area (Å²) in [5.74, 6) is -1.91. The van der Waals surface area contributed by atoms with Crippen molar-refractivity contribution in [2.24, 2.45) is 0 Å². The Balaban J connectivity index is 1.47. The molecule has 3 aromatic rings. The molecular formula is C21H21F2N3O2S. The lowest BCUT2D eigenvalue weighted by Crippen LogP contribution is -2.48. The standard InChI is InChI=1S/C21H21F2N3O2S/c22-17-4-3-15(12-18(17)23)19-5-6-20(27)26(24-19)14-21(28)7-9-25(10-8-21)13-16-2-1-11-29-16/h1-6,11-12,28H,7-10,13-14H2. The van der Waals surface area contributed by atoms with Crippen LogP contribution >= 0.6 is 11.3 Å². The van der Waals surface area contributed by atoms with Crippen LogP contribution in [0.25, 0.3) is 11.3 Å². The van der Waals surface area contributed by atoms with E-state index in [-0.39, 0.29) is 12.1 Å². The van der Waals surface area contributed by atoms with Crippen molar-refractivity contribution in [3.8, 4) is 11.3 Å². The number of aromatic nitrogens is 2. The van der Waals surface area contributed by atoms with Gasteiger partial charge in [0.05, 0.1) is 17.8 Å². The first-order valence-corrected chi connectivity index (χ1v) is 10.3. The van der Waals surface area contributed by atoms with Crippen LogP contribution in [-0.2, 0) is 13.1 Å². The molecule has 0 unspecified atom stereocenters. The fraction of sp³-hybridized carbons (Fsp3) is 0.333. The van der Waals surface area contributed by atoms with Crippen molar-refractivity contribution >= 4 is 11.3 Å². The summed E-state index contributed by atoms with van der Waals surface area (Å²) < 4.78 is 27.9. The summed E-state index contributed by atoms with van der Waals surface area (Å²) in [6.45, 7) is 2.38. The van der Waals surface area contributed by atoms with E-state index in [1.165, 1.54) is 27.8 Å². The van der Waals surface area contributed by atoms with Gasteiger partial charge in [-0.1, -0.05) is 6.07 Å². The van der Waals surface area contributed by atoms with Gasteiger partial charge in [-0.05, 0) is 48.6 Å². The van der Waals surface area contributed by atoms with E-state index in [4.69, 9.17) is 0 Å². The number of hydrogen-bond donors (Lipinski definition) is 1. The molecule has 4 rings (SSSR count). The maximum Gasteiger partial charge on any atom is 0.266 e. The summed E-state index contributed by atoms with van der Waals surface area (Å²) in [5, 5.41) is 17.3. The molecule has 0 amide bonds.